The molecule has 3 nitrogen and oxygen atoms in total. The van der Waals surface area contributed by atoms with Crippen LogP contribution < -0.4 is 10.5 Å². The molecule has 0 aromatic heterocycles. The van der Waals surface area contributed by atoms with Crippen LogP contribution in [-0.4, -0.2) is 11.5 Å². The van der Waals surface area contributed by atoms with Gasteiger partial charge >= 0.3 is 0 Å². The van der Waals surface area contributed by atoms with Crippen molar-refractivity contribution in [1.82, 2.24) is 0 Å². The lowest BCUT2D eigenvalue weighted by molar-refractivity contribution is -0.129. The number of fused-ring (bicyclic) bond motifs is 1. The number of primary amides is 1. The minimum absolute atomic E-state index is 0.457. The molecule has 0 fully saturated rings. The monoisotopic (exact) mass is 231 g/mol. The third kappa shape index (κ3) is 1.54. The first-order chi connectivity index (χ1) is 7.88. The van der Waals surface area contributed by atoms with Gasteiger partial charge in [-0.05, 0) is 50.5 Å². The van der Waals surface area contributed by atoms with Crippen molar-refractivity contribution < 1.29 is 9.53 Å². The van der Waals surface area contributed by atoms with Gasteiger partial charge in [0, 0.05) is 5.56 Å². The van der Waals surface area contributed by atoms with Crippen molar-refractivity contribution >= 4 is 11.5 Å². The second-order valence-corrected chi connectivity index (χ2v) is 4.70. The Morgan fingerprint density at radius 3 is 2.53 bits per heavy atom. The average Bonchev–Trinajstić information content (AvgIpc) is 2.25. The Kier molecular flexibility index (Phi) is 2.49. The molecule has 1 aromatic carbocycles. The van der Waals surface area contributed by atoms with Gasteiger partial charge in [-0.3, -0.25) is 4.79 Å². The highest BCUT2D eigenvalue weighted by atomic mass is 16.5. The maximum Gasteiger partial charge on any atom is 0.265 e. The van der Waals surface area contributed by atoms with Crippen molar-refractivity contribution in [3.63, 3.8) is 0 Å². The summed E-state index contributed by atoms with van der Waals surface area (Å²) >= 11 is 0. The van der Waals surface area contributed by atoms with E-state index in [0.717, 1.165) is 28.0 Å². The van der Waals surface area contributed by atoms with E-state index in [1.165, 1.54) is 0 Å². The molecule has 1 aliphatic rings. The molecule has 90 valence electrons. The van der Waals surface area contributed by atoms with Gasteiger partial charge in [-0.15, -0.1) is 0 Å². The summed E-state index contributed by atoms with van der Waals surface area (Å²) in [7, 11) is 0. The van der Waals surface area contributed by atoms with E-state index < -0.39 is 11.5 Å². The number of carbonyl (C=O) groups excluding carboxylic acids is 1. The summed E-state index contributed by atoms with van der Waals surface area (Å²) in [6.07, 6.45) is 0. The lowest BCUT2D eigenvalue weighted by Crippen LogP contribution is -2.49. The molecule has 17 heavy (non-hydrogen) atoms. The Balaban J connectivity index is 2.71. The van der Waals surface area contributed by atoms with Gasteiger partial charge in [0.2, 0.25) is 5.60 Å². The quantitative estimate of drug-likeness (QED) is 0.807. The van der Waals surface area contributed by atoms with Crippen LogP contribution >= 0.6 is 0 Å². The van der Waals surface area contributed by atoms with E-state index in [2.05, 4.69) is 0 Å². The van der Waals surface area contributed by atoms with Gasteiger partial charge < -0.3 is 10.5 Å². The highest BCUT2D eigenvalue weighted by Gasteiger charge is 2.40. The predicted molar refractivity (Wildman–Crippen MR) is 67.7 cm³/mol. The molecule has 2 N–H and O–H groups in total. The summed E-state index contributed by atoms with van der Waals surface area (Å²) in [5.41, 5.74) is 8.59. The summed E-state index contributed by atoms with van der Waals surface area (Å²) in [6, 6.07) is 5.83. The topological polar surface area (TPSA) is 52.3 Å². The zero-order valence-corrected chi connectivity index (χ0v) is 10.6. The fourth-order valence-corrected chi connectivity index (χ4v) is 2.28. The van der Waals surface area contributed by atoms with Gasteiger partial charge in [0.15, 0.2) is 0 Å². The molecule has 1 aromatic rings. The number of hydrogen-bond donors (Lipinski definition) is 1. The van der Waals surface area contributed by atoms with E-state index in [1.54, 1.807) is 6.92 Å². The van der Waals surface area contributed by atoms with Crippen LogP contribution in [0.25, 0.3) is 5.57 Å². The fourth-order valence-electron chi connectivity index (χ4n) is 2.28. The summed E-state index contributed by atoms with van der Waals surface area (Å²) < 4.78 is 5.81. The number of ether oxygens (including phenoxy) is 1. The van der Waals surface area contributed by atoms with Crippen molar-refractivity contribution in [2.45, 2.75) is 33.3 Å². The Morgan fingerprint density at radius 1 is 1.29 bits per heavy atom. The molecule has 0 saturated heterocycles. The largest absolute Gasteiger partial charge is 0.473 e. The number of benzene rings is 1. The molecule has 0 aliphatic carbocycles. The van der Waals surface area contributed by atoms with Gasteiger partial charge in [-0.25, -0.2) is 0 Å². The van der Waals surface area contributed by atoms with Crippen molar-refractivity contribution in [2.75, 3.05) is 0 Å². The first-order valence-electron chi connectivity index (χ1n) is 5.65. The number of carbonyl (C=O) groups is 1. The number of hydrogen-bond acceptors (Lipinski definition) is 2. The van der Waals surface area contributed by atoms with E-state index in [-0.39, 0.29) is 0 Å². The second kappa shape index (κ2) is 3.62. The minimum atomic E-state index is -1.04. The molecule has 0 bridgehead atoms. The van der Waals surface area contributed by atoms with Gasteiger partial charge in [-0.2, -0.15) is 0 Å². The van der Waals surface area contributed by atoms with Gasteiger partial charge in [0.05, 0.1) is 0 Å². The predicted octanol–water partition coefficient (Wildman–Crippen LogP) is 2.42. The van der Waals surface area contributed by atoms with Crippen LogP contribution in [-0.2, 0) is 4.79 Å². The van der Waals surface area contributed by atoms with Gasteiger partial charge in [0.25, 0.3) is 5.91 Å². The van der Waals surface area contributed by atoms with Gasteiger partial charge in [-0.1, -0.05) is 12.1 Å². The van der Waals surface area contributed by atoms with Gasteiger partial charge in [0.1, 0.15) is 5.75 Å². The third-order valence-corrected chi connectivity index (χ3v) is 3.67. The highest BCUT2D eigenvalue weighted by Crippen LogP contribution is 2.41. The van der Waals surface area contributed by atoms with Crippen LogP contribution in [0.3, 0.4) is 0 Å². The number of rotatable bonds is 1. The van der Waals surface area contributed by atoms with Crippen molar-refractivity contribution in [2.24, 2.45) is 5.73 Å². The maximum absolute atomic E-state index is 11.6. The Morgan fingerprint density at radius 2 is 1.94 bits per heavy atom. The molecule has 2 rings (SSSR count). The van der Waals surface area contributed by atoms with Crippen molar-refractivity contribution in [1.29, 1.82) is 0 Å². The first kappa shape index (κ1) is 11.7. The van der Waals surface area contributed by atoms with Crippen molar-refractivity contribution in [3.05, 3.63) is 34.9 Å². The first-order valence-corrected chi connectivity index (χ1v) is 5.65. The van der Waals surface area contributed by atoms with E-state index in [0.29, 0.717) is 0 Å². The summed E-state index contributed by atoms with van der Waals surface area (Å²) in [6.45, 7) is 7.66. The summed E-state index contributed by atoms with van der Waals surface area (Å²) in [5, 5.41) is 0. The SMILES string of the molecule is CC1=C(C)C(C)(C(N)=O)Oc2cccc(C)c21. The molecular formula is C14H17NO2. The van der Waals surface area contributed by atoms with Crippen LogP contribution in [0.15, 0.2) is 23.8 Å². The smallest absolute Gasteiger partial charge is 0.265 e. The number of aryl methyl sites for hydroxylation is 1. The van der Waals surface area contributed by atoms with Crippen LogP contribution in [0, 0.1) is 6.92 Å². The molecule has 1 atom stereocenters. The summed E-state index contributed by atoms with van der Waals surface area (Å²) in [5.74, 6) is 0.274. The molecule has 3 heteroatoms. The zero-order valence-electron chi connectivity index (χ0n) is 10.6. The van der Waals surface area contributed by atoms with Crippen LogP contribution in [0.2, 0.25) is 0 Å². The molecule has 1 amide bonds. The van der Waals surface area contributed by atoms with E-state index in [1.807, 2.05) is 39.0 Å². The zero-order chi connectivity index (χ0) is 12.8. The maximum atomic E-state index is 11.6. The minimum Gasteiger partial charge on any atom is -0.473 e. The Bertz CT molecular complexity index is 531. The van der Waals surface area contributed by atoms with E-state index in [4.69, 9.17) is 10.5 Å². The molecular weight excluding hydrogens is 214 g/mol. The molecule has 0 saturated carbocycles. The number of allylic oxidation sites excluding steroid dienone is 1. The molecule has 0 radical (unpaired) electrons. The number of nitrogens with two attached hydrogens (primary N) is 1. The molecule has 1 unspecified atom stereocenters. The van der Waals surface area contributed by atoms with E-state index in [9.17, 15) is 4.79 Å². The lowest BCUT2D eigenvalue weighted by Gasteiger charge is -2.35. The Hall–Kier alpha value is -1.77. The molecule has 1 heterocycles. The van der Waals surface area contributed by atoms with Crippen LogP contribution in [0.4, 0.5) is 0 Å². The molecule has 0 spiro atoms. The Labute approximate surface area is 101 Å². The van der Waals surface area contributed by atoms with Crippen LogP contribution in [0.5, 0.6) is 5.75 Å². The highest BCUT2D eigenvalue weighted by molar-refractivity contribution is 5.92. The second-order valence-electron chi connectivity index (χ2n) is 4.70. The standard InChI is InChI=1S/C14H17NO2/c1-8-6-5-7-11-12(8)9(2)10(3)14(4,17-11)13(15)16/h5-7H,1-4H3,(H2,15,16). The lowest BCUT2D eigenvalue weighted by atomic mass is 9.85. The normalized spacial score (nSPS) is 23.1. The fraction of sp³-hybridized carbons (Fsp3) is 0.357. The summed E-state index contributed by atoms with van der Waals surface area (Å²) in [4.78, 5) is 11.6. The van der Waals surface area contributed by atoms with Crippen LogP contribution in [0.1, 0.15) is 31.9 Å². The number of amides is 1. The van der Waals surface area contributed by atoms with E-state index >= 15 is 0 Å². The molecule has 1 aliphatic heterocycles. The third-order valence-electron chi connectivity index (χ3n) is 3.67. The van der Waals surface area contributed by atoms with Crippen molar-refractivity contribution in [3.8, 4) is 5.75 Å². The average molecular weight is 231 g/mol.